The lowest BCUT2D eigenvalue weighted by Crippen LogP contribution is -2.16. The number of carbonyl (C=O) groups excluding carboxylic acids is 1. The maximum Gasteiger partial charge on any atom is 0.266 e. The van der Waals surface area contributed by atoms with E-state index in [9.17, 15) is 18.5 Å². The fourth-order valence-electron chi connectivity index (χ4n) is 2.82. The van der Waals surface area contributed by atoms with Gasteiger partial charge in [-0.1, -0.05) is 0 Å². The van der Waals surface area contributed by atoms with Gasteiger partial charge in [0.2, 0.25) is 5.95 Å². The summed E-state index contributed by atoms with van der Waals surface area (Å²) < 4.78 is 29.1. The highest BCUT2D eigenvalue weighted by Gasteiger charge is 2.17. The fourth-order valence-corrected chi connectivity index (χ4v) is 3.77. The van der Waals surface area contributed by atoms with Crippen molar-refractivity contribution < 1.29 is 13.2 Å². The number of nitrogens with zero attached hydrogens (tertiary/aromatic N) is 5. The SMILES string of the molecule is CCn1ncc(C=C(C#N)C(=O)Nc2ccc(S(=O)(=O)Nc3nccc(C)n3)cc2)c1C. The first kappa shape index (κ1) is 22.6. The quantitative estimate of drug-likeness (QED) is 0.415. The van der Waals surface area contributed by atoms with Gasteiger partial charge in [-0.3, -0.25) is 9.48 Å². The minimum Gasteiger partial charge on any atom is -0.321 e. The van der Waals surface area contributed by atoms with Crippen LogP contribution < -0.4 is 10.0 Å². The average molecular weight is 452 g/mol. The molecule has 32 heavy (non-hydrogen) atoms. The zero-order valence-electron chi connectivity index (χ0n) is 17.7. The Balaban J connectivity index is 1.74. The normalized spacial score (nSPS) is 11.6. The molecule has 0 atom stereocenters. The number of sulfonamides is 1. The molecule has 2 N–H and O–H groups in total. The molecule has 2 heterocycles. The number of hydrogen-bond acceptors (Lipinski definition) is 7. The van der Waals surface area contributed by atoms with Gasteiger partial charge in [0, 0.05) is 35.4 Å². The minimum absolute atomic E-state index is 0.0285. The molecule has 3 aromatic rings. The number of nitriles is 1. The fraction of sp³-hybridized carbons (Fsp3) is 0.190. The highest BCUT2D eigenvalue weighted by molar-refractivity contribution is 7.92. The molecule has 3 rings (SSSR count). The van der Waals surface area contributed by atoms with Crippen LogP contribution in [0.1, 0.15) is 23.9 Å². The zero-order valence-corrected chi connectivity index (χ0v) is 18.5. The summed E-state index contributed by atoms with van der Waals surface area (Å²) >= 11 is 0. The van der Waals surface area contributed by atoms with Gasteiger partial charge in [0.1, 0.15) is 11.6 Å². The summed E-state index contributed by atoms with van der Waals surface area (Å²) in [6, 6.07) is 9.06. The highest BCUT2D eigenvalue weighted by Crippen LogP contribution is 2.18. The lowest BCUT2D eigenvalue weighted by molar-refractivity contribution is -0.112. The van der Waals surface area contributed by atoms with E-state index in [0.29, 0.717) is 23.5 Å². The van der Waals surface area contributed by atoms with Gasteiger partial charge < -0.3 is 5.32 Å². The number of benzene rings is 1. The van der Waals surface area contributed by atoms with Gasteiger partial charge in [-0.05, 0) is 57.2 Å². The van der Waals surface area contributed by atoms with Crippen LogP contribution in [0.3, 0.4) is 0 Å². The number of anilines is 2. The van der Waals surface area contributed by atoms with Crippen molar-refractivity contribution in [3.05, 3.63) is 65.2 Å². The van der Waals surface area contributed by atoms with E-state index >= 15 is 0 Å². The van der Waals surface area contributed by atoms with Crippen molar-refractivity contribution in [2.75, 3.05) is 10.0 Å². The van der Waals surface area contributed by atoms with Crippen molar-refractivity contribution in [3.8, 4) is 6.07 Å². The number of aryl methyl sites for hydroxylation is 2. The Hall–Kier alpha value is -4.04. The molecule has 0 radical (unpaired) electrons. The molecule has 0 fully saturated rings. The van der Waals surface area contributed by atoms with Crippen molar-refractivity contribution in [1.82, 2.24) is 19.7 Å². The molecular weight excluding hydrogens is 430 g/mol. The van der Waals surface area contributed by atoms with Crippen LogP contribution in [0.25, 0.3) is 6.08 Å². The van der Waals surface area contributed by atoms with E-state index in [1.54, 1.807) is 23.9 Å². The Morgan fingerprint density at radius 2 is 1.94 bits per heavy atom. The molecule has 0 aliphatic heterocycles. The minimum atomic E-state index is -3.90. The largest absolute Gasteiger partial charge is 0.321 e. The van der Waals surface area contributed by atoms with Crippen LogP contribution in [-0.2, 0) is 21.4 Å². The second-order valence-corrected chi connectivity index (χ2v) is 8.46. The van der Waals surface area contributed by atoms with Crippen LogP contribution in [-0.4, -0.2) is 34.1 Å². The summed E-state index contributed by atoms with van der Waals surface area (Å²) in [6.07, 6.45) is 4.51. The van der Waals surface area contributed by atoms with Gasteiger partial charge in [0.25, 0.3) is 15.9 Å². The maximum atomic E-state index is 12.5. The summed E-state index contributed by atoms with van der Waals surface area (Å²) in [4.78, 5) is 20.4. The molecule has 2 aromatic heterocycles. The maximum absolute atomic E-state index is 12.5. The first-order valence-corrected chi connectivity index (χ1v) is 11.1. The number of nitrogens with one attached hydrogen (secondary N) is 2. The van der Waals surface area contributed by atoms with Crippen LogP contribution in [0.4, 0.5) is 11.6 Å². The summed E-state index contributed by atoms with van der Waals surface area (Å²) in [7, 11) is -3.90. The Bertz CT molecular complexity index is 1320. The first-order valence-electron chi connectivity index (χ1n) is 9.61. The smallest absolute Gasteiger partial charge is 0.266 e. The molecule has 1 aromatic carbocycles. The molecule has 10 nitrogen and oxygen atoms in total. The Kier molecular flexibility index (Phi) is 6.65. The van der Waals surface area contributed by atoms with Crippen LogP contribution >= 0.6 is 0 Å². The van der Waals surface area contributed by atoms with Crippen LogP contribution in [0, 0.1) is 25.2 Å². The molecule has 11 heteroatoms. The summed E-state index contributed by atoms with van der Waals surface area (Å²) in [5.41, 5.74) is 2.37. The third-order valence-electron chi connectivity index (χ3n) is 4.55. The summed E-state index contributed by atoms with van der Waals surface area (Å²) in [5, 5.41) is 16.2. The van der Waals surface area contributed by atoms with E-state index in [2.05, 4.69) is 25.1 Å². The Morgan fingerprint density at radius 1 is 1.22 bits per heavy atom. The highest BCUT2D eigenvalue weighted by atomic mass is 32.2. The van der Waals surface area contributed by atoms with Crippen molar-refractivity contribution in [3.63, 3.8) is 0 Å². The van der Waals surface area contributed by atoms with Crippen molar-refractivity contribution >= 4 is 33.6 Å². The Morgan fingerprint density at radius 3 is 2.53 bits per heavy atom. The predicted octanol–water partition coefficient (Wildman–Crippen LogP) is 2.66. The number of amides is 1. The van der Waals surface area contributed by atoms with Gasteiger partial charge in [-0.25, -0.2) is 23.1 Å². The topological polar surface area (TPSA) is 143 Å². The van der Waals surface area contributed by atoms with Crippen LogP contribution in [0.15, 0.2) is 53.2 Å². The van der Waals surface area contributed by atoms with Crippen LogP contribution in [0.2, 0.25) is 0 Å². The zero-order chi connectivity index (χ0) is 23.3. The number of rotatable bonds is 7. The molecule has 0 aliphatic carbocycles. The standard InChI is InChI=1S/C21H21N7O3S/c1-4-28-15(3)17(13-24-28)11-16(12-22)20(29)26-18-5-7-19(8-6-18)32(30,31)27-21-23-10-9-14(2)25-21/h5-11,13H,4H2,1-3H3,(H,26,29)(H,23,25,27). The number of aromatic nitrogens is 4. The monoisotopic (exact) mass is 451 g/mol. The summed E-state index contributed by atoms with van der Waals surface area (Å²) in [5.74, 6) is -0.647. The van der Waals surface area contributed by atoms with E-state index in [-0.39, 0.29) is 16.4 Å². The molecule has 0 saturated heterocycles. The number of hydrogen-bond donors (Lipinski definition) is 2. The molecule has 0 saturated carbocycles. The van der Waals surface area contributed by atoms with E-state index in [1.165, 1.54) is 36.5 Å². The average Bonchev–Trinajstić information content (AvgIpc) is 3.11. The molecule has 0 unspecified atom stereocenters. The van der Waals surface area contributed by atoms with E-state index in [4.69, 9.17) is 0 Å². The van der Waals surface area contributed by atoms with Crippen LogP contribution in [0.5, 0.6) is 0 Å². The molecule has 1 amide bonds. The van der Waals surface area contributed by atoms with E-state index < -0.39 is 15.9 Å². The van der Waals surface area contributed by atoms with Gasteiger partial charge in [-0.15, -0.1) is 0 Å². The third kappa shape index (κ3) is 5.16. The lowest BCUT2D eigenvalue weighted by Gasteiger charge is -2.08. The lowest BCUT2D eigenvalue weighted by atomic mass is 10.1. The van der Waals surface area contributed by atoms with Gasteiger partial charge >= 0.3 is 0 Å². The molecule has 164 valence electrons. The van der Waals surface area contributed by atoms with Crippen molar-refractivity contribution in [2.24, 2.45) is 0 Å². The van der Waals surface area contributed by atoms with Crippen molar-refractivity contribution in [2.45, 2.75) is 32.2 Å². The van der Waals surface area contributed by atoms with Gasteiger partial charge in [0.15, 0.2) is 0 Å². The second kappa shape index (κ2) is 9.40. The summed E-state index contributed by atoms with van der Waals surface area (Å²) in [6.45, 7) is 6.19. The Labute approximate surface area is 185 Å². The number of carbonyl (C=O) groups is 1. The molecule has 0 bridgehead atoms. The molecule has 0 aliphatic rings. The molecule has 0 spiro atoms. The van der Waals surface area contributed by atoms with E-state index in [0.717, 1.165) is 5.69 Å². The van der Waals surface area contributed by atoms with Crippen molar-refractivity contribution in [1.29, 1.82) is 5.26 Å². The first-order chi connectivity index (χ1) is 15.2. The van der Waals surface area contributed by atoms with E-state index in [1.807, 2.05) is 19.9 Å². The van der Waals surface area contributed by atoms with Gasteiger partial charge in [-0.2, -0.15) is 10.4 Å². The third-order valence-corrected chi connectivity index (χ3v) is 5.89. The molecular formula is C21H21N7O3S. The second-order valence-electron chi connectivity index (χ2n) is 6.78. The van der Waals surface area contributed by atoms with Gasteiger partial charge in [0.05, 0.1) is 11.1 Å². The predicted molar refractivity (Wildman–Crippen MR) is 119 cm³/mol.